The number of aliphatic hydroxyl groups is 1. The van der Waals surface area contributed by atoms with Crippen molar-refractivity contribution in [2.75, 3.05) is 0 Å². The first-order valence-corrected chi connectivity index (χ1v) is 6.75. The Hall–Kier alpha value is -2.14. The van der Waals surface area contributed by atoms with Gasteiger partial charge in [0.2, 0.25) is 6.41 Å². The van der Waals surface area contributed by atoms with Crippen LogP contribution in [-0.2, 0) is 4.79 Å². The molecule has 5 nitrogen and oxygen atoms in total. The van der Waals surface area contributed by atoms with Gasteiger partial charge in [0.1, 0.15) is 0 Å². The SMILES string of the molecule is O=CN1NC(c2cccnc2)CC1C1CC=CC=C1O. The highest BCUT2D eigenvalue weighted by atomic mass is 16.3. The molecule has 3 atom stereocenters. The molecule has 2 heterocycles. The molecule has 2 N–H and O–H groups in total. The third kappa shape index (κ3) is 2.32. The summed E-state index contributed by atoms with van der Waals surface area (Å²) in [5, 5.41) is 11.6. The Bertz CT molecular complexity index is 541. The number of aliphatic hydroxyl groups excluding tert-OH is 1. The van der Waals surface area contributed by atoms with Crippen LogP contribution in [-0.4, -0.2) is 27.6 Å². The number of rotatable bonds is 3. The summed E-state index contributed by atoms with van der Waals surface area (Å²) in [6, 6.07) is 3.89. The van der Waals surface area contributed by atoms with Crippen LogP contribution in [0.1, 0.15) is 24.4 Å². The Morgan fingerprint density at radius 1 is 1.50 bits per heavy atom. The number of nitrogens with one attached hydrogen (secondary N) is 1. The molecule has 0 aromatic carbocycles. The Balaban J connectivity index is 1.80. The zero-order chi connectivity index (χ0) is 13.9. The van der Waals surface area contributed by atoms with Crippen LogP contribution < -0.4 is 5.43 Å². The van der Waals surface area contributed by atoms with E-state index >= 15 is 0 Å². The fourth-order valence-electron chi connectivity index (χ4n) is 2.93. The Labute approximate surface area is 117 Å². The number of allylic oxidation sites excluding steroid dienone is 3. The Kier molecular flexibility index (Phi) is 3.52. The molecule has 1 fully saturated rings. The first-order valence-electron chi connectivity index (χ1n) is 6.75. The first kappa shape index (κ1) is 12.9. The number of aromatic nitrogens is 1. The van der Waals surface area contributed by atoms with Gasteiger partial charge >= 0.3 is 0 Å². The van der Waals surface area contributed by atoms with Crippen molar-refractivity contribution in [3.63, 3.8) is 0 Å². The van der Waals surface area contributed by atoms with E-state index in [1.807, 2.05) is 24.3 Å². The molecule has 1 aromatic rings. The van der Waals surface area contributed by atoms with E-state index in [0.717, 1.165) is 24.8 Å². The molecule has 1 saturated heterocycles. The molecule has 0 spiro atoms. The normalized spacial score (nSPS) is 29.3. The summed E-state index contributed by atoms with van der Waals surface area (Å²) in [5.74, 6) is 0.303. The zero-order valence-electron chi connectivity index (χ0n) is 11.0. The molecule has 2 aliphatic rings. The van der Waals surface area contributed by atoms with Gasteiger partial charge in [-0.15, -0.1) is 0 Å². The topological polar surface area (TPSA) is 65.5 Å². The molecule has 1 aliphatic heterocycles. The molecular weight excluding hydrogens is 254 g/mol. The summed E-state index contributed by atoms with van der Waals surface area (Å²) in [6.07, 6.45) is 11.4. The van der Waals surface area contributed by atoms with Crippen LogP contribution in [0.5, 0.6) is 0 Å². The van der Waals surface area contributed by atoms with Crippen LogP contribution in [0.3, 0.4) is 0 Å². The van der Waals surface area contributed by atoms with Crippen LogP contribution in [0.2, 0.25) is 0 Å². The minimum absolute atomic E-state index is 0.0422. The van der Waals surface area contributed by atoms with Gasteiger partial charge in [0.15, 0.2) is 0 Å². The van der Waals surface area contributed by atoms with Gasteiger partial charge in [-0.3, -0.25) is 14.8 Å². The number of carbonyl (C=O) groups is 1. The standard InChI is InChI=1S/C15H17N3O2/c19-10-18-14(12-5-1-2-6-15(12)20)8-13(17-18)11-4-3-7-16-9-11/h1-4,6-7,9-10,12-14,17,20H,5,8H2. The van der Waals surface area contributed by atoms with E-state index in [0.29, 0.717) is 5.76 Å². The lowest BCUT2D eigenvalue weighted by Gasteiger charge is -2.28. The highest BCUT2D eigenvalue weighted by molar-refractivity contribution is 5.48. The fraction of sp³-hybridized carbons (Fsp3) is 0.333. The third-order valence-corrected chi connectivity index (χ3v) is 3.98. The molecule has 0 radical (unpaired) electrons. The molecule has 1 aliphatic carbocycles. The molecule has 0 bridgehead atoms. The molecule has 20 heavy (non-hydrogen) atoms. The second-order valence-electron chi connectivity index (χ2n) is 5.15. The highest BCUT2D eigenvalue weighted by Crippen LogP contribution is 2.35. The third-order valence-electron chi connectivity index (χ3n) is 3.98. The lowest BCUT2D eigenvalue weighted by atomic mass is 9.87. The summed E-state index contributed by atoms with van der Waals surface area (Å²) in [4.78, 5) is 15.4. The molecular formula is C15H17N3O2. The Morgan fingerprint density at radius 3 is 3.10 bits per heavy atom. The van der Waals surface area contributed by atoms with Crippen molar-refractivity contribution in [2.24, 2.45) is 5.92 Å². The van der Waals surface area contributed by atoms with Crippen LogP contribution in [0.25, 0.3) is 0 Å². The van der Waals surface area contributed by atoms with Crippen molar-refractivity contribution in [3.05, 3.63) is 54.1 Å². The van der Waals surface area contributed by atoms with Crippen LogP contribution in [0, 0.1) is 5.92 Å². The monoisotopic (exact) mass is 271 g/mol. The fourth-order valence-corrected chi connectivity index (χ4v) is 2.93. The highest BCUT2D eigenvalue weighted by Gasteiger charge is 2.38. The summed E-state index contributed by atoms with van der Waals surface area (Å²) in [5.41, 5.74) is 4.24. The largest absolute Gasteiger partial charge is 0.512 e. The lowest BCUT2D eigenvalue weighted by molar-refractivity contribution is -0.122. The van der Waals surface area contributed by atoms with E-state index in [1.54, 1.807) is 23.5 Å². The molecule has 3 unspecified atom stereocenters. The van der Waals surface area contributed by atoms with E-state index in [9.17, 15) is 9.90 Å². The summed E-state index contributed by atoms with van der Waals surface area (Å²) < 4.78 is 0. The van der Waals surface area contributed by atoms with E-state index < -0.39 is 0 Å². The van der Waals surface area contributed by atoms with Crippen molar-refractivity contribution < 1.29 is 9.90 Å². The van der Waals surface area contributed by atoms with Crippen molar-refractivity contribution >= 4 is 6.41 Å². The van der Waals surface area contributed by atoms with E-state index in [4.69, 9.17) is 0 Å². The van der Waals surface area contributed by atoms with Gasteiger partial charge < -0.3 is 5.11 Å². The molecule has 1 aromatic heterocycles. The Morgan fingerprint density at radius 2 is 2.40 bits per heavy atom. The first-order chi connectivity index (χ1) is 9.79. The van der Waals surface area contributed by atoms with Crippen molar-refractivity contribution in [1.29, 1.82) is 0 Å². The molecule has 3 rings (SSSR count). The summed E-state index contributed by atoms with van der Waals surface area (Å²) >= 11 is 0. The molecule has 104 valence electrons. The molecule has 1 amide bonds. The van der Waals surface area contributed by atoms with E-state index in [-0.39, 0.29) is 18.0 Å². The quantitative estimate of drug-likeness (QED) is 0.824. The van der Waals surface area contributed by atoms with Crippen molar-refractivity contribution in [2.45, 2.75) is 24.9 Å². The minimum Gasteiger partial charge on any atom is -0.512 e. The molecule has 0 saturated carbocycles. The lowest BCUT2D eigenvalue weighted by Crippen LogP contribution is -2.41. The number of hydrogen-bond donors (Lipinski definition) is 2. The summed E-state index contributed by atoms with van der Waals surface area (Å²) in [7, 11) is 0. The number of carbonyl (C=O) groups excluding carboxylic acids is 1. The van der Waals surface area contributed by atoms with E-state index in [1.165, 1.54) is 0 Å². The predicted octanol–water partition coefficient (Wildman–Crippen LogP) is 1.88. The summed E-state index contributed by atoms with van der Waals surface area (Å²) in [6.45, 7) is 0. The zero-order valence-corrected chi connectivity index (χ0v) is 11.0. The van der Waals surface area contributed by atoms with Crippen LogP contribution in [0.15, 0.2) is 48.5 Å². The van der Waals surface area contributed by atoms with Crippen molar-refractivity contribution in [1.82, 2.24) is 15.4 Å². The van der Waals surface area contributed by atoms with Gasteiger partial charge in [0, 0.05) is 18.3 Å². The van der Waals surface area contributed by atoms with Crippen LogP contribution >= 0.6 is 0 Å². The smallest absolute Gasteiger partial charge is 0.224 e. The van der Waals surface area contributed by atoms with Gasteiger partial charge in [0.25, 0.3) is 0 Å². The maximum atomic E-state index is 11.3. The van der Waals surface area contributed by atoms with Crippen LogP contribution in [0.4, 0.5) is 0 Å². The number of nitrogens with zero attached hydrogens (tertiary/aromatic N) is 2. The maximum absolute atomic E-state index is 11.3. The average Bonchev–Trinajstić information content (AvgIpc) is 2.93. The molecule has 5 heteroatoms. The van der Waals surface area contributed by atoms with Crippen molar-refractivity contribution in [3.8, 4) is 0 Å². The maximum Gasteiger partial charge on any atom is 0.224 e. The van der Waals surface area contributed by atoms with Gasteiger partial charge in [-0.25, -0.2) is 5.43 Å². The minimum atomic E-state index is -0.0427. The second-order valence-corrected chi connectivity index (χ2v) is 5.15. The van der Waals surface area contributed by atoms with E-state index in [2.05, 4.69) is 10.4 Å². The number of amides is 1. The predicted molar refractivity (Wildman–Crippen MR) is 74.4 cm³/mol. The van der Waals surface area contributed by atoms with Gasteiger partial charge in [-0.2, -0.15) is 0 Å². The van der Waals surface area contributed by atoms with Gasteiger partial charge in [-0.05, 0) is 30.5 Å². The number of pyridine rings is 1. The second kappa shape index (κ2) is 5.46. The number of hydrogen-bond acceptors (Lipinski definition) is 4. The average molecular weight is 271 g/mol. The van der Waals surface area contributed by atoms with Gasteiger partial charge in [-0.1, -0.05) is 18.2 Å². The van der Waals surface area contributed by atoms with Gasteiger partial charge in [0.05, 0.1) is 17.8 Å². The number of hydrazine groups is 1.